The molecule has 0 atom stereocenters. The van der Waals surface area contributed by atoms with E-state index in [9.17, 15) is 0 Å². The average Bonchev–Trinajstić information content (AvgIpc) is 1.91. The molecule has 0 aliphatic carbocycles. The molecular weight excluding hydrogens is 191 g/mol. The standard InChI is InChI=1S/C4H6.2CH3.Sn/c1-3-4-2;;;/h1-2H3;2*1H3;. The van der Waals surface area contributed by atoms with E-state index in [4.69, 9.17) is 0 Å². The molecule has 0 unspecified atom stereocenters. The summed E-state index contributed by atoms with van der Waals surface area (Å²) in [5, 5.41) is 0. The summed E-state index contributed by atoms with van der Waals surface area (Å²) in [4.78, 5) is 4.94. The van der Waals surface area contributed by atoms with Crippen molar-refractivity contribution in [2.24, 2.45) is 0 Å². The van der Waals surface area contributed by atoms with Gasteiger partial charge in [0.1, 0.15) is 0 Å². The molecule has 7 heavy (non-hydrogen) atoms. The van der Waals surface area contributed by atoms with Crippen molar-refractivity contribution in [1.82, 2.24) is 0 Å². The van der Waals surface area contributed by atoms with Gasteiger partial charge < -0.3 is 0 Å². The molecule has 1 heteroatoms. The van der Waals surface area contributed by atoms with E-state index in [1.165, 1.54) is 0 Å². The van der Waals surface area contributed by atoms with Crippen molar-refractivity contribution < 1.29 is 0 Å². The minimum absolute atomic E-state index is 1.37. The van der Waals surface area contributed by atoms with Crippen LogP contribution < -0.4 is 0 Å². The third-order valence-corrected chi connectivity index (χ3v) is 14.5. The Morgan fingerprint density at radius 1 is 1.00 bits per heavy atom. The first-order chi connectivity index (χ1) is 3.07. The number of hydrogen-bond acceptors (Lipinski definition) is 0. The van der Waals surface area contributed by atoms with E-state index in [0.717, 1.165) is 0 Å². The van der Waals surface area contributed by atoms with Gasteiger partial charge in [-0.1, -0.05) is 0 Å². The van der Waals surface area contributed by atoms with Crippen LogP contribution in [-0.4, -0.2) is 18.4 Å². The van der Waals surface area contributed by atoms with Crippen LogP contribution in [-0.2, 0) is 0 Å². The summed E-state index contributed by atoms with van der Waals surface area (Å²) in [6, 6.07) is 0. The van der Waals surface area contributed by atoms with Crippen LogP contribution >= 0.6 is 0 Å². The normalized spacial score (nSPS) is 25.7. The van der Waals surface area contributed by atoms with Crippen LogP contribution in [0, 0.1) is 0 Å². The number of rotatable bonds is 0. The van der Waals surface area contributed by atoms with E-state index >= 15 is 0 Å². The Balaban J connectivity index is 2.69. The van der Waals surface area contributed by atoms with Crippen LogP contribution in [0.3, 0.4) is 0 Å². The van der Waals surface area contributed by atoms with Crippen molar-refractivity contribution in [2.75, 3.05) is 0 Å². The summed E-state index contributed by atoms with van der Waals surface area (Å²) in [6.45, 7) is 4.59. The van der Waals surface area contributed by atoms with Crippen LogP contribution in [0.2, 0.25) is 9.88 Å². The molecular formula is C6H12Sn. The average molecular weight is 203 g/mol. The monoisotopic (exact) mass is 204 g/mol. The van der Waals surface area contributed by atoms with Gasteiger partial charge in [-0.15, -0.1) is 0 Å². The van der Waals surface area contributed by atoms with Crippen LogP contribution in [0.4, 0.5) is 0 Å². The van der Waals surface area contributed by atoms with Gasteiger partial charge in [0, 0.05) is 0 Å². The Kier molecular flexibility index (Phi) is 1.03. The molecule has 0 saturated heterocycles. The van der Waals surface area contributed by atoms with Gasteiger partial charge in [0.2, 0.25) is 0 Å². The molecule has 0 saturated carbocycles. The van der Waals surface area contributed by atoms with Gasteiger partial charge in [-0.3, -0.25) is 0 Å². The molecule has 0 fully saturated rings. The van der Waals surface area contributed by atoms with Crippen LogP contribution in [0.15, 0.2) is 7.18 Å². The first kappa shape index (κ1) is 5.67. The summed E-state index contributed by atoms with van der Waals surface area (Å²) in [7, 11) is 0. The Morgan fingerprint density at radius 3 is 1.14 bits per heavy atom. The fourth-order valence-corrected chi connectivity index (χ4v) is 10.7. The van der Waals surface area contributed by atoms with E-state index in [0.29, 0.717) is 0 Å². The molecule has 1 rings (SSSR count). The predicted octanol–water partition coefficient (Wildman–Crippen LogP) is 2.12. The second-order valence-electron chi connectivity index (χ2n) is 2.88. The Bertz CT molecular complexity index is 117. The van der Waals surface area contributed by atoms with Gasteiger partial charge in [-0.2, -0.15) is 0 Å². The molecule has 1 aliphatic rings. The van der Waals surface area contributed by atoms with Gasteiger partial charge >= 0.3 is 49.3 Å². The molecule has 0 nitrogen and oxygen atoms in total. The quantitative estimate of drug-likeness (QED) is 0.529. The molecule has 0 aromatic heterocycles. The summed E-state index contributed by atoms with van der Waals surface area (Å²) in [5.41, 5.74) is 0. The molecule has 0 spiro atoms. The second kappa shape index (κ2) is 1.28. The topological polar surface area (TPSA) is 0 Å². The van der Waals surface area contributed by atoms with E-state index in [1.807, 2.05) is 0 Å². The van der Waals surface area contributed by atoms with E-state index in [1.54, 1.807) is 7.18 Å². The molecule has 1 aliphatic heterocycles. The maximum absolute atomic E-state index is 2.47. The Morgan fingerprint density at radius 2 is 1.14 bits per heavy atom. The van der Waals surface area contributed by atoms with Gasteiger partial charge in [0.15, 0.2) is 0 Å². The molecule has 0 aromatic rings. The van der Waals surface area contributed by atoms with Gasteiger partial charge in [-0.25, -0.2) is 0 Å². The van der Waals surface area contributed by atoms with Gasteiger partial charge in [-0.05, 0) is 0 Å². The summed E-state index contributed by atoms with van der Waals surface area (Å²) < 4.78 is 3.57. The Hall–Kier alpha value is 0.539. The van der Waals surface area contributed by atoms with Crippen molar-refractivity contribution in [3.8, 4) is 0 Å². The van der Waals surface area contributed by atoms with Crippen molar-refractivity contribution in [1.29, 1.82) is 0 Å². The number of allylic oxidation sites excluding steroid dienone is 2. The zero-order valence-electron chi connectivity index (χ0n) is 5.50. The third-order valence-electron chi connectivity index (χ3n) is 2.38. The maximum atomic E-state index is 2.47. The summed E-state index contributed by atoms with van der Waals surface area (Å²) in [5.74, 6) is 0. The second-order valence-corrected chi connectivity index (χ2v) is 16.4. The molecule has 0 bridgehead atoms. The minimum atomic E-state index is -1.37. The summed E-state index contributed by atoms with van der Waals surface area (Å²) in [6.07, 6.45) is 0. The zero-order valence-corrected chi connectivity index (χ0v) is 8.35. The number of hydrogen-bond donors (Lipinski definition) is 0. The molecule has 1 heterocycles. The molecule has 0 amide bonds. The predicted molar refractivity (Wildman–Crippen MR) is 35.9 cm³/mol. The molecule has 40 valence electrons. The van der Waals surface area contributed by atoms with Crippen molar-refractivity contribution in [2.45, 2.75) is 23.7 Å². The first-order valence-corrected chi connectivity index (χ1v) is 11.3. The van der Waals surface area contributed by atoms with Gasteiger partial charge in [0.25, 0.3) is 0 Å². The van der Waals surface area contributed by atoms with Gasteiger partial charge in [0.05, 0.1) is 0 Å². The fraction of sp³-hybridized carbons (Fsp3) is 0.667. The fourth-order valence-electron chi connectivity index (χ4n) is 0.875. The van der Waals surface area contributed by atoms with Crippen LogP contribution in [0.1, 0.15) is 13.8 Å². The first-order valence-electron chi connectivity index (χ1n) is 2.75. The molecule has 0 aromatic carbocycles. The summed E-state index contributed by atoms with van der Waals surface area (Å²) >= 11 is -1.37. The third kappa shape index (κ3) is 0.637. The van der Waals surface area contributed by atoms with Crippen LogP contribution in [0.5, 0.6) is 0 Å². The Labute approximate surface area is 49.5 Å². The molecule has 0 radical (unpaired) electrons. The van der Waals surface area contributed by atoms with Crippen molar-refractivity contribution in [3.05, 3.63) is 7.18 Å². The SMILES string of the molecule is C[C]1=[C](C)[Sn]1([CH3])[CH3]. The van der Waals surface area contributed by atoms with Crippen LogP contribution in [0.25, 0.3) is 0 Å². The van der Waals surface area contributed by atoms with E-state index in [2.05, 4.69) is 23.7 Å². The van der Waals surface area contributed by atoms with E-state index < -0.39 is 18.4 Å². The molecule has 0 N–H and O–H groups in total. The zero-order chi connectivity index (χ0) is 5.65. The van der Waals surface area contributed by atoms with Crippen molar-refractivity contribution >= 4 is 18.4 Å². The van der Waals surface area contributed by atoms with Crippen molar-refractivity contribution in [3.63, 3.8) is 0 Å². The van der Waals surface area contributed by atoms with E-state index in [-0.39, 0.29) is 0 Å².